The normalized spacial score (nSPS) is 24.8. The first kappa shape index (κ1) is 24.7. The Morgan fingerprint density at radius 3 is 2.38 bits per heavy atom. The number of piperidine rings is 1. The molecule has 3 amide bonds. The highest BCUT2D eigenvalue weighted by atomic mass is 16.7. The summed E-state index contributed by atoms with van der Waals surface area (Å²) < 4.78 is 5.04. The van der Waals surface area contributed by atoms with Gasteiger partial charge in [-0.05, 0) is 27.5 Å². The van der Waals surface area contributed by atoms with Crippen LogP contribution in [0.5, 0.6) is 0 Å². The standard InChI is InChI=1S/C16H28N4O9/c1-16(2,3)28-15(27)18-8-19(29-14(26)17-4)6-11(23)20-5-10(22)13(25)12(24)9(20)7-21/h9-10,12-13,21-22,24-25H,4-8H2,1-3H3,(H,18,27)/t9-,10+,12-,13-/m1/s1. The summed E-state index contributed by atoms with van der Waals surface area (Å²) >= 11 is 0. The number of alkyl carbamates (subject to hydrolysis) is 1. The van der Waals surface area contributed by atoms with Crippen molar-refractivity contribution in [2.45, 2.75) is 50.7 Å². The number of amides is 3. The second-order valence-corrected chi connectivity index (χ2v) is 7.34. The van der Waals surface area contributed by atoms with Gasteiger partial charge in [0.15, 0.2) is 0 Å². The number of aliphatic imine (C=N–C) groups is 1. The third-order valence-corrected chi connectivity index (χ3v) is 3.88. The predicted octanol–water partition coefficient (Wildman–Crippen LogP) is -2.19. The molecule has 29 heavy (non-hydrogen) atoms. The van der Waals surface area contributed by atoms with Crippen LogP contribution in [0.1, 0.15) is 20.8 Å². The van der Waals surface area contributed by atoms with E-state index in [1.807, 2.05) is 0 Å². The third kappa shape index (κ3) is 7.55. The molecule has 166 valence electrons. The van der Waals surface area contributed by atoms with Gasteiger partial charge in [0.25, 0.3) is 0 Å². The lowest BCUT2D eigenvalue weighted by molar-refractivity contribution is -0.175. The van der Waals surface area contributed by atoms with Crippen molar-refractivity contribution in [2.24, 2.45) is 4.99 Å². The van der Waals surface area contributed by atoms with Gasteiger partial charge in [-0.2, -0.15) is 4.99 Å². The van der Waals surface area contributed by atoms with Crippen LogP contribution in [0, 0.1) is 0 Å². The van der Waals surface area contributed by atoms with Crippen LogP contribution in [-0.2, 0) is 14.4 Å². The van der Waals surface area contributed by atoms with Crippen molar-refractivity contribution in [1.82, 2.24) is 15.3 Å². The van der Waals surface area contributed by atoms with Gasteiger partial charge in [0, 0.05) is 6.54 Å². The van der Waals surface area contributed by atoms with E-state index in [0.29, 0.717) is 0 Å². The fourth-order valence-corrected chi connectivity index (χ4v) is 2.55. The number of nitrogens with zero attached hydrogens (tertiary/aromatic N) is 3. The molecular formula is C16H28N4O9. The number of nitrogens with one attached hydrogen (secondary N) is 1. The maximum Gasteiger partial charge on any atom is 0.452 e. The highest BCUT2D eigenvalue weighted by molar-refractivity contribution is 5.79. The van der Waals surface area contributed by atoms with Crippen molar-refractivity contribution >= 4 is 24.8 Å². The van der Waals surface area contributed by atoms with E-state index in [4.69, 9.17) is 9.57 Å². The molecule has 13 nitrogen and oxygen atoms in total. The molecule has 0 aromatic carbocycles. The minimum absolute atomic E-state index is 0.372. The largest absolute Gasteiger partial charge is 0.452 e. The second-order valence-electron chi connectivity index (χ2n) is 7.34. The van der Waals surface area contributed by atoms with Crippen molar-refractivity contribution in [1.29, 1.82) is 0 Å². The van der Waals surface area contributed by atoms with Crippen LogP contribution < -0.4 is 5.32 Å². The Balaban J connectivity index is 2.83. The molecular weight excluding hydrogens is 392 g/mol. The Bertz CT molecular complexity index is 610. The van der Waals surface area contributed by atoms with Gasteiger partial charge in [-0.15, -0.1) is 5.06 Å². The Morgan fingerprint density at radius 2 is 1.86 bits per heavy atom. The lowest BCUT2D eigenvalue weighted by Gasteiger charge is -2.43. The first-order valence-electron chi connectivity index (χ1n) is 8.74. The maximum atomic E-state index is 12.6. The summed E-state index contributed by atoms with van der Waals surface area (Å²) in [6.45, 7) is 5.80. The summed E-state index contributed by atoms with van der Waals surface area (Å²) in [4.78, 5) is 44.5. The molecule has 1 aliphatic heterocycles. The average Bonchev–Trinajstić information content (AvgIpc) is 2.62. The van der Waals surface area contributed by atoms with E-state index < -0.39 is 67.9 Å². The fourth-order valence-electron chi connectivity index (χ4n) is 2.55. The molecule has 5 N–H and O–H groups in total. The van der Waals surface area contributed by atoms with Crippen molar-refractivity contribution in [3.05, 3.63) is 0 Å². The van der Waals surface area contributed by atoms with Crippen LogP contribution in [-0.4, -0.2) is 112 Å². The van der Waals surface area contributed by atoms with Crippen LogP contribution >= 0.6 is 0 Å². The van der Waals surface area contributed by atoms with Crippen LogP contribution in [0.25, 0.3) is 0 Å². The van der Waals surface area contributed by atoms with E-state index in [1.54, 1.807) is 20.8 Å². The molecule has 1 aliphatic rings. The number of aliphatic hydroxyl groups excluding tert-OH is 4. The summed E-state index contributed by atoms with van der Waals surface area (Å²) in [5, 5.41) is 42.0. The molecule has 0 radical (unpaired) electrons. The minimum Gasteiger partial charge on any atom is -0.444 e. The summed E-state index contributed by atoms with van der Waals surface area (Å²) in [7, 11) is 0. The molecule has 0 aromatic rings. The van der Waals surface area contributed by atoms with Gasteiger partial charge in [-0.3, -0.25) is 4.79 Å². The van der Waals surface area contributed by atoms with Gasteiger partial charge in [0.1, 0.15) is 37.1 Å². The van der Waals surface area contributed by atoms with Gasteiger partial charge in [0.2, 0.25) is 5.91 Å². The zero-order chi connectivity index (χ0) is 22.4. The number of likely N-dealkylation sites (tertiary alicyclic amines) is 1. The number of ether oxygens (including phenoxy) is 1. The number of hydroxylamine groups is 2. The molecule has 1 rings (SSSR count). The Hall–Kier alpha value is -2.32. The van der Waals surface area contributed by atoms with E-state index in [-0.39, 0.29) is 6.54 Å². The maximum absolute atomic E-state index is 12.6. The van der Waals surface area contributed by atoms with Gasteiger partial charge in [-0.25, -0.2) is 9.59 Å². The van der Waals surface area contributed by atoms with E-state index in [9.17, 15) is 34.8 Å². The molecule has 0 aliphatic carbocycles. The van der Waals surface area contributed by atoms with E-state index in [2.05, 4.69) is 17.0 Å². The zero-order valence-corrected chi connectivity index (χ0v) is 16.5. The predicted molar refractivity (Wildman–Crippen MR) is 97.6 cm³/mol. The van der Waals surface area contributed by atoms with Gasteiger partial charge in [0.05, 0.1) is 12.6 Å². The first-order chi connectivity index (χ1) is 13.4. The number of β-amino-alcohol motifs (C(OH)–C–C–N with tert-alkyl or cyclic N) is 1. The topological polar surface area (TPSA) is 181 Å². The molecule has 0 bridgehead atoms. The number of rotatable bonds is 6. The Labute approximate surface area is 167 Å². The van der Waals surface area contributed by atoms with Gasteiger partial charge >= 0.3 is 12.2 Å². The SMILES string of the molecule is C=NC(=O)ON(CNC(=O)OC(C)(C)C)CC(=O)N1C[C@H](O)[C@@H](O)[C@H](O)[C@H]1CO. The van der Waals surface area contributed by atoms with E-state index in [1.165, 1.54) is 0 Å². The highest BCUT2D eigenvalue weighted by Crippen LogP contribution is 2.19. The highest BCUT2D eigenvalue weighted by Gasteiger charge is 2.43. The Morgan fingerprint density at radius 1 is 1.24 bits per heavy atom. The monoisotopic (exact) mass is 420 g/mol. The van der Waals surface area contributed by atoms with E-state index >= 15 is 0 Å². The number of aliphatic hydroxyl groups is 4. The Kier molecular flexibility index (Phi) is 8.91. The van der Waals surface area contributed by atoms with Gasteiger partial charge < -0.3 is 40.2 Å². The first-order valence-corrected chi connectivity index (χ1v) is 8.74. The van der Waals surface area contributed by atoms with Crippen LogP contribution in [0.4, 0.5) is 9.59 Å². The lowest BCUT2D eigenvalue weighted by Crippen LogP contribution is -2.65. The molecule has 0 aromatic heterocycles. The number of hydrogen-bond acceptors (Lipinski definition) is 10. The fraction of sp³-hybridized carbons (Fsp3) is 0.750. The van der Waals surface area contributed by atoms with E-state index in [0.717, 1.165) is 9.96 Å². The molecule has 0 spiro atoms. The molecule has 1 saturated heterocycles. The molecule has 0 unspecified atom stereocenters. The molecule has 1 fully saturated rings. The molecule has 13 heteroatoms. The second kappa shape index (κ2) is 10.5. The van der Waals surface area contributed by atoms with Crippen LogP contribution in [0.2, 0.25) is 0 Å². The quantitative estimate of drug-likeness (QED) is 0.180. The lowest BCUT2D eigenvalue weighted by atomic mass is 9.94. The van der Waals surface area contributed by atoms with Crippen molar-refractivity contribution < 1.29 is 44.4 Å². The molecule has 4 atom stereocenters. The van der Waals surface area contributed by atoms with Crippen molar-refractivity contribution in [2.75, 3.05) is 26.4 Å². The molecule has 1 heterocycles. The van der Waals surface area contributed by atoms with Crippen LogP contribution in [0.15, 0.2) is 4.99 Å². The number of carbonyl (C=O) groups is 3. The van der Waals surface area contributed by atoms with Crippen molar-refractivity contribution in [3.63, 3.8) is 0 Å². The minimum atomic E-state index is -1.58. The summed E-state index contributed by atoms with van der Waals surface area (Å²) in [5.41, 5.74) is -0.778. The van der Waals surface area contributed by atoms with Crippen molar-refractivity contribution in [3.8, 4) is 0 Å². The zero-order valence-electron chi connectivity index (χ0n) is 16.5. The summed E-state index contributed by atoms with van der Waals surface area (Å²) in [6.07, 6.45) is -6.54. The number of hydrogen-bond donors (Lipinski definition) is 5. The number of carbonyl (C=O) groups excluding carboxylic acids is 3. The third-order valence-electron chi connectivity index (χ3n) is 3.88. The summed E-state index contributed by atoms with van der Waals surface area (Å²) in [5.74, 6) is -0.767. The molecule has 0 saturated carbocycles. The smallest absolute Gasteiger partial charge is 0.444 e. The van der Waals surface area contributed by atoms with Crippen LogP contribution in [0.3, 0.4) is 0 Å². The summed E-state index contributed by atoms with van der Waals surface area (Å²) in [6, 6.07) is -1.19. The van der Waals surface area contributed by atoms with Gasteiger partial charge in [-0.1, -0.05) is 0 Å². The average molecular weight is 420 g/mol.